The minimum atomic E-state index is -0.452. The Morgan fingerprint density at radius 3 is 2.33 bits per heavy atom. The molecule has 0 fully saturated rings. The Balaban J connectivity index is 1.73. The number of para-hydroxylation sites is 2. The summed E-state index contributed by atoms with van der Waals surface area (Å²) in [7, 11) is 0. The Morgan fingerprint density at radius 2 is 1.63 bits per heavy atom. The fourth-order valence-electron chi connectivity index (χ4n) is 2.21. The van der Waals surface area contributed by atoms with Crippen molar-refractivity contribution in [1.82, 2.24) is 10.9 Å². The molecule has 2 aromatic carbocycles. The van der Waals surface area contributed by atoms with Crippen LogP contribution in [0.5, 0.6) is 11.5 Å². The molecule has 0 aliphatic carbocycles. The second-order valence-electron chi connectivity index (χ2n) is 5.82. The van der Waals surface area contributed by atoms with Crippen molar-refractivity contribution in [3.63, 3.8) is 0 Å². The fraction of sp³-hybridized carbons (Fsp3) is 0.300. The molecular weight excluding hydrogens is 364 g/mol. The highest BCUT2D eigenvalue weighted by Gasteiger charge is 2.09. The van der Waals surface area contributed by atoms with Gasteiger partial charge in [-0.25, -0.2) is 0 Å². The van der Waals surface area contributed by atoms with Crippen LogP contribution in [0.1, 0.15) is 18.1 Å². The molecule has 7 heteroatoms. The van der Waals surface area contributed by atoms with Crippen molar-refractivity contribution in [3.8, 4) is 11.5 Å². The van der Waals surface area contributed by atoms with E-state index in [1.54, 1.807) is 18.2 Å². The smallest absolute Gasteiger partial charge is 0.276 e. The first kappa shape index (κ1) is 20.6. The molecule has 2 aromatic rings. The third-order valence-electron chi connectivity index (χ3n) is 3.55. The van der Waals surface area contributed by atoms with E-state index in [-0.39, 0.29) is 18.3 Å². The standard InChI is InChI=1S/C20H24N2O4S/c1-4-25-16-7-5-6-8-17(16)26-12-19(23)21-22-20(24)13-27-18-11-14(2)9-10-15(18)3/h5-11H,4,12-13H2,1-3H3,(H,21,23)(H,22,24). The molecule has 0 aromatic heterocycles. The molecule has 0 aliphatic rings. The molecule has 0 atom stereocenters. The van der Waals surface area contributed by atoms with E-state index in [2.05, 4.69) is 10.9 Å². The number of hydrazine groups is 1. The zero-order valence-electron chi connectivity index (χ0n) is 15.7. The van der Waals surface area contributed by atoms with E-state index >= 15 is 0 Å². The number of aryl methyl sites for hydroxylation is 2. The van der Waals surface area contributed by atoms with Gasteiger partial charge in [0.2, 0.25) is 5.91 Å². The van der Waals surface area contributed by atoms with Gasteiger partial charge in [0.25, 0.3) is 5.91 Å². The number of hydrogen-bond acceptors (Lipinski definition) is 5. The Morgan fingerprint density at radius 1 is 0.963 bits per heavy atom. The van der Waals surface area contributed by atoms with E-state index in [0.717, 1.165) is 16.0 Å². The monoisotopic (exact) mass is 388 g/mol. The number of benzene rings is 2. The van der Waals surface area contributed by atoms with E-state index in [1.165, 1.54) is 11.8 Å². The van der Waals surface area contributed by atoms with Gasteiger partial charge < -0.3 is 9.47 Å². The summed E-state index contributed by atoms with van der Waals surface area (Å²) < 4.78 is 10.9. The van der Waals surface area contributed by atoms with Crippen LogP contribution in [0.15, 0.2) is 47.4 Å². The molecule has 6 nitrogen and oxygen atoms in total. The predicted octanol–water partition coefficient (Wildman–Crippen LogP) is 3.02. The number of ether oxygens (including phenoxy) is 2. The predicted molar refractivity (Wildman–Crippen MR) is 106 cm³/mol. The van der Waals surface area contributed by atoms with Crippen LogP contribution in [0.2, 0.25) is 0 Å². The SMILES string of the molecule is CCOc1ccccc1OCC(=O)NNC(=O)CSc1cc(C)ccc1C. The van der Waals surface area contributed by atoms with E-state index in [0.29, 0.717) is 18.1 Å². The molecule has 0 saturated carbocycles. The molecule has 27 heavy (non-hydrogen) atoms. The zero-order chi connectivity index (χ0) is 19.6. The first-order valence-corrected chi connectivity index (χ1v) is 9.60. The maximum Gasteiger partial charge on any atom is 0.276 e. The van der Waals surface area contributed by atoms with Gasteiger partial charge in [0, 0.05) is 4.90 Å². The number of hydrogen-bond donors (Lipinski definition) is 2. The summed E-state index contributed by atoms with van der Waals surface area (Å²) in [4.78, 5) is 24.8. The molecule has 0 radical (unpaired) electrons. The summed E-state index contributed by atoms with van der Waals surface area (Å²) in [6, 6.07) is 13.2. The Bertz CT molecular complexity index is 795. The lowest BCUT2D eigenvalue weighted by atomic mass is 10.2. The van der Waals surface area contributed by atoms with Crippen molar-refractivity contribution in [2.24, 2.45) is 0 Å². The molecule has 2 rings (SSSR count). The topological polar surface area (TPSA) is 76.7 Å². The van der Waals surface area contributed by atoms with Crippen molar-refractivity contribution in [2.75, 3.05) is 19.0 Å². The largest absolute Gasteiger partial charge is 0.490 e. The Labute approximate surface area is 163 Å². The maximum atomic E-state index is 11.9. The minimum absolute atomic E-state index is 0.207. The highest BCUT2D eigenvalue weighted by Crippen LogP contribution is 2.26. The molecule has 0 heterocycles. The molecule has 0 aliphatic heterocycles. The van der Waals surface area contributed by atoms with Crippen molar-refractivity contribution in [2.45, 2.75) is 25.7 Å². The van der Waals surface area contributed by atoms with Gasteiger partial charge in [-0.3, -0.25) is 20.4 Å². The molecule has 144 valence electrons. The average Bonchev–Trinajstić information content (AvgIpc) is 2.66. The number of thioether (sulfide) groups is 1. The number of rotatable bonds is 8. The summed E-state index contributed by atoms with van der Waals surface area (Å²) in [6.07, 6.45) is 0. The van der Waals surface area contributed by atoms with Gasteiger partial charge in [-0.2, -0.15) is 0 Å². The van der Waals surface area contributed by atoms with Crippen LogP contribution in [-0.2, 0) is 9.59 Å². The van der Waals surface area contributed by atoms with Gasteiger partial charge in [0.05, 0.1) is 12.4 Å². The molecule has 0 bridgehead atoms. The van der Waals surface area contributed by atoms with Crippen molar-refractivity contribution in [3.05, 3.63) is 53.6 Å². The van der Waals surface area contributed by atoms with Gasteiger partial charge in [-0.05, 0) is 44.5 Å². The van der Waals surface area contributed by atoms with Gasteiger partial charge in [-0.15, -0.1) is 11.8 Å². The molecule has 2 amide bonds. The third-order valence-corrected chi connectivity index (χ3v) is 4.71. The first-order valence-electron chi connectivity index (χ1n) is 8.62. The van der Waals surface area contributed by atoms with Crippen molar-refractivity contribution < 1.29 is 19.1 Å². The minimum Gasteiger partial charge on any atom is -0.490 e. The van der Waals surface area contributed by atoms with Gasteiger partial charge in [0.1, 0.15) is 0 Å². The molecule has 0 saturated heterocycles. The number of amides is 2. The number of nitrogens with one attached hydrogen (secondary N) is 2. The Hall–Kier alpha value is -2.67. The van der Waals surface area contributed by atoms with Crippen molar-refractivity contribution in [1.29, 1.82) is 0 Å². The van der Waals surface area contributed by atoms with Crippen LogP contribution in [0.25, 0.3) is 0 Å². The summed E-state index contributed by atoms with van der Waals surface area (Å²) in [5, 5.41) is 0. The lowest BCUT2D eigenvalue weighted by Gasteiger charge is -2.12. The Kier molecular flexibility index (Phi) is 8.00. The fourth-order valence-corrected chi connectivity index (χ4v) is 3.13. The highest BCUT2D eigenvalue weighted by molar-refractivity contribution is 8.00. The van der Waals surface area contributed by atoms with E-state index < -0.39 is 5.91 Å². The van der Waals surface area contributed by atoms with Gasteiger partial charge in [0.15, 0.2) is 18.1 Å². The van der Waals surface area contributed by atoms with Crippen LogP contribution in [0.4, 0.5) is 0 Å². The van der Waals surface area contributed by atoms with Crippen LogP contribution in [0.3, 0.4) is 0 Å². The first-order chi connectivity index (χ1) is 13.0. The molecule has 2 N–H and O–H groups in total. The number of carbonyl (C=O) groups excluding carboxylic acids is 2. The molecular formula is C20H24N2O4S. The lowest BCUT2D eigenvalue weighted by Crippen LogP contribution is -2.44. The lowest BCUT2D eigenvalue weighted by molar-refractivity contribution is -0.128. The quantitative estimate of drug-likeness (QED) is 0.537. The van der Waals surface area contributed by atoms with E-state index in [4.69, 9.17) is 9.47 Å². The van der Waals surface area contributed by atoms with Gasteiger partial charge in [-0.1, -0.05) is 29.8 Å². The normalized spacial score (nSPS) is 10.2. The second-order valence-corrected chi connectivity index (χ2v) is 6.84. The van der Waals surface area contributed by atoms with Crippen LogP contribution < -0.4 is 20.3 Å². The second kappa shape index (κ2) is 10.5. The van der Waals surface area contributed by atoms with Crippen molar-refractivity contribution >= 4 is 23.6 Å². The average molecular weight is 388 g/mol. The summed E-state index contributed by atoms with van der Waals surface area (Å²) >= 11 is 1.43. The van der Waals surface area contributed by atoms with Crippen LogP contribution in [0, 0.1) is 13.8 Å². The van der Waals surface area contributed by atoms with E-state index in [9.17, 15) is 9.59 Å². The van der Waals surface area contributed by atoms with Crippen LogP contribution in [-0.4, -0.2) is 30.8 Å². The molecule has 0 unspecified atom stereocenters. The van der Waals surface area contributed by atoms with E-state index in [1.807, 2.05) is 45.0 Å². The summed E-state index contributed by atoms with van der Waals surface area (Å²) in [6.45, 7) is 6.15. The van der Waals surface area contributed by atoms with Gasteiger partial charge >= 0.3 is 0 Å². The highest BCUT2D eigenvalue weighted by atomic mass is 32.2. The summed E-state index contributed by atoms with van der Waals surface area (Å²) in [5.74, 6) is 0.516. The third kappa shape index (κ3) is 6.86. The zero-order valence-corrected chi connectivity index (χ0v) is 16.5. The number of carbonyl (C=O) groups is 2. The van der Waals surface area contributed by atoms with Crippen LogP contribution >= 0.6 is 11.8 Å². The maximum absolute atomic E-state index is 11.9. The molecule has 0 spiro atoms. The summed E-state index contributed by atoms with van der Waals surface area (Å²) in [5.41, 5.74) is 7.00.